The number of phenols is 1. The summed E-state index contributed by atoms with van der Waals surface area (Å²) in [6.45, 7) is 8.42. The van der Waals surface area contributed by atoms with Crippen LogP contribution in [-0.2, 0) is 10.3 Å². The molecule has 28 heavy (non-hydrogen) atoms. The molecule has 0 bridgehead atoms. The van der Waals surface area contributed by atoms with Crippen LogP contribution in [0.25, 0.3) is 0 Å². The van der Waals surface area contributed by atoms with Gasteiger partial charge in [0, 0.05) is 25.6 Å². The summed E-state index contributed by atoms with van der Waals surface area (Å²) in [7, 11) is 0. The van der Waals surface area contributed by atoms with E-state index < -0.39 is 5.60 Å². The highest BCUT2D eigenvalue weighted by atomic mass is 16.5. The standard InChI is InChI=1S/C24H33NO3/c1-19(2)12-13-24(27,21-8-10-22(26)11-9-21)23(20-6-4-3-5-7-20)18-25-14-16-28-17-15-25/h3-11,19,23,26-27H,12-18H2,1-2H3/t23-,24+/m0/s1. The van der Waals surface area contributed by atoms with Gasteiger partial charge in [-0.25, -0.2) is 0 Å². The molecule has 0 spiro atoms. The maximum absolute atomic E-state index is 12.1. The van der Waals surface area contributed by atoms with Gasteiger partial charge in [0.1, 0.15) is 5.75 Å². The lowest BCUT2D eigenvalue weighted by Crippen LogP contribution is -2.45. The van der Waals surface area contributed by atoms with E-state index in [-0.39, 0.29) is 11.7 Å². The van der Waals surface area contributed by atoms with Gasteiger partial charge >= 0.3 is 0 Å². The first kappa shape index (κ1) is 20.8. The first-order valence-corrected chi connectivity index (χ1v) is 10.4. The Balaban J connectivity index is 1.99. The molecule has 2 N–H and O–H groups in total. The van der Waals surface area contributed by atoms with E-state index >= 15 is 0 Å². The van der Waals surface area contributed by atoms with E-state index in [1.165, 1.54) is 0 Å². The zero-order chi connectivity index (χ0) is 20.0. The first-order valence-electron chi connectivity index (χ1n) is 10.4. The Morgan fingerprint density at radius 2 is 1.64 bits per heavy atom. The summed E-state index contributed by atoms with van der Waals surface area (Å²) in [5.74, 6) is 0.665. The van der Waals surface area contributed by atoms with Crippen molar-refractivity contribution in [1.29, 1.82) is 0 Å². The van der Waals surface area contributed by atoms with Crippen molar-refractivity contribution < 1.29 is 14.9 Å². The van der Waals surface area contributed by atoms with Gasteiger partial charge < -0.3 is 14.9 Å². The molecule has 1 heterocycles. The third kappa shape index (κ3) is 5.13. The molecule has 1 fully saturated rings. The molecule has 1 aliphatic heterocycles. The largest absolute Gasteiger partial charge is 0.508 e. The van der Waals surface area contributed by atoms with E-state index in [0.717, 1.165) is 50.4 Å². The molecule has 2 atom stereocenters. The number of benzene rings is 2. The molecule has 0 saturated carbocycles. The van der Waals surface area contributed by atoms with Crippen molar-refractivity contribution in [1.82, 2.24) is 4.90 Å². The Bertz CT molecular complexity index is 710. The number of phenolic OH excluding ortho intramolecular Hbond substituents is 1. The molecule has 1 saturated heterocycles. The van der Waals surface area contributed by atoms with Gasteiger partial charge in [0.15, 0.2) is 0 Å². The van der Waals surface area contributed by atoms with Gasteiger partial charge in [0.25, 0.3) is 0 Å². The first-order chi connectivity index (χ1) is 13.5. The van der Waals surface area contributed by atoms with Crippen molar-refractivity contribution >= 4 is 0 Å². The van der Waals surface area contributed by atoms with Crippen molar-refractivity contribution in [2.24, 2.45) is 5.92 Å². The van der Waals surface area contributed by atoms with E-state index in [9.17, 15) is 10.2 Å². The molecule has 2 aromatic carbocycles. The molecular weight excluding hydrogens is 350 g/mol. The van der Waals surface area contributed by atoms with Crippen LogP contribution in [-0.4, -0.2) is 48.0 Å². The number of hydrogen-bond donors (Lipinski definition) is 2. The van der Waals surface area contributed by atoms with Crippen LogP contribution in [0, 0.1) is 5.92 Å². The number of morpholine rings is 1. The fraction of sp³-hybridized carbons (Fsp3) is 0.500. The SMILES string of the molecule is CC(C)CC[C@@](O)(c1ccc(O)cc1)[C@@H](CN1CCOCC1)c1ccccc1. The second-order valence-electron chi connectivity index (χ2n) is 8.28. The van der Waals surface area contributed by atoms with Gasteiger partial charge in [-0.05, 0) is 42.0 Å². The summed E-state index contributed by atoms with van der Waals surface area (Å²) < 4.78 is 5.52. The fourth-order valence-electron chi connectivity index (χ4n) is 4.04. The predicted octanol–water partition coefficient (Wildman–Crippen LogP) is 4.13. The number of nitrogens with zero attached hydrogens (tertiary/aromatic N) is 1. The highest BCUT2D eigenvalue weighted by Gasteiger charge is 2.40. The molecular formula is C24H33NO3. The lowest BCUT2D eigenvalue weighted by Gasteiger charge is -2.41. The van der Waals surface area contributed by atoms with Crippen molar-refractivity contribution in [3.63, 3.8) is 0 Å². The Labute approximate surface area is 168 Å². The molecule has 0 aromatic heterocycles. The van der Waals surface area contributed by atoms with Crippen molar-refractivity contribution in [3.05, 3.63) is 65.7 Å². The minimum atomic E-state index is -1.00. The van der Waals surface area contributed by atoms with E-state index in [0.29, 0.717) is 12.3 Å². The smallest absolute Gasteiger partial charge is 0.115 e. The number of aromatic hydroxyl groups is 1. The lowest BCUT2D eigenvalue weighted by atomic mass is 9.73. The average Bonchev–Trinajstić information content (AvgIpc) is 2.72. The third-order valence-electron chi connectivity index (χ3n) is 5.79. The van der Waals surface area contributed by atoms with Crippen molar-refractivity contribution in [3.8, 4) is 5.75 Å². The van der Waals surface area contributed by atoms with Crippen LogP contribution in [0.3, 0.4) is 0 Å². The zero-order valence-electron chi connectivity index (χ0n) is 17.1. The summed E-state index contributed by atoms with van der Waals surface area (Å²) in [6.07, 6.45) is 1.61. The Kier molecular flexibility index (Phi) is 7.11. The van der Waals surface area contributed by atoms with E-state index in [2.05, 4.69) is 30.9 Å². The summed E-state index contributed by atoms with van der Waals surface area (Å²) in [6, 6.07) is 17.4. The molecule has 0 aliphatic carbocycles. The number of rotatable bonds is 8. The number of hydrogen-bond acceptors (Lipinski definition) is 4. The maximum Gasteiger partial charge on any atom is 0.115 e. The summed E-state index contributed by atoms with van der Waals surface area (Å²) in [5.41, 5.74) is 1.01. The van der Waals surface area contributed by atoms with Gasteiger partial charge in [-0.15, -0.1) is 0 Å². The van der Waals surface area contributed by atoms with Crippen LogP contribution in [0.5, 0.6) is 5.75 Å². The quantitative estimate of drug-likeness (QED) is 0.720. The molecule has 1 aliphatic rings. The van der Waals surface area contributed by atoms with Gasteiger partial charge in [-0.3, -0.25) is 4.90 Å². The summed E-state index contributed by atoms with van der Waals surface area (Å²) in [4.78, 5) is 2.39. The monoisotopic (exact) mass is 383 g/mol. The minimum Gasteiger partial charge on any atom is -0.508 e. The Morgan fingerprint density at radius 1 is 1.00 bits per heavy atom. The van der Waals surface area contributed by atoms with Gasteiger partial charge in [-0.2, -0.15) is 0 Å². The van der Waals surface area contributed by atoms with Gasteiger partial charge in [0.2, 0.25) is 0 Å². The topological polar surface area (TPSA) is 52.9 Å². The molecule has 4 heteroatoms. The van der Waals surface area contributed by atoms with Gasteiger partial charge in [0.05, 0.1) is 18.8 Å². The predicted molar refractivity (Wildman–Crippen MR) is 113 cm³/mol. The molecule has 0 radical (unpaired) electrons. The second-order valence-corrected chi connectivity index (χ2v) is 8.28. The lowest BCUT2D eigenvalue weighted by molar-refractivity contribution is -0.0311. The van der Waals surface area contributed by atoms with Crippen LogP contribution >= 0.6 is 0 Å². The second kappa shape index (κ2) is 9.55. The highest BCUT2D eigenvalue weighted by molar-refractivity contribution is 5.35. The number of aliphatic hydroxyl groups is 1. The molecule has 4 nitrogen and oxygen atoms in total. The van der Waals surface area contributed by atoms with Crippen LogP contribution < -0.4 is 0 Å². The van der Waals surface area contributed by atoms with E-state index in [4.69, 9.17) is 4.74 Å². The Morgan fingerprint density at radius 3 is 2.25 bits per heavy atom. The van der Waals surface area contributed by atoms with Crippen LogP contribution in [0.1, 0.15) is 43.7 Å². The number of ether oxygens (including phenoxy) is 1. The third-order valence-corrected chi connectivity index (χ3v) is 5.79. The Hall–Kier alpha value is -1.88. The van der Waals surface area contributed by atoms with Crippen molar-refractivity contribution in [2.45, 2.75) is 38.2 Å². The van der Waals surface area contributed by atoms with Crippen LogP contribution in [0.15, 0.2) is 54.6 Å². The van der Waals surface area contributed by atoms with Gasteiger partial charge in [-0.1, -0.05) is 56.3 Å². The van der Waals surface area contributed by atoms with Crippen LogP contribution in [0.4, 0.5) is 0 Å². The normalized spacial score (nSPS) is 18.7. The average molecular weight is 384 g/mol. The van der Waals surface area contributed by atoms with E-state index in [1.54, 1.807) is 12.1 Å². The van der Waals surface area contributed by atoms with E-state index in [1.807, 2.05) is 30.3 Å². The van der Waals surface area contributed by atoms with Crippen LogP contribution in [0.2, 0.25) is 0 Å². The molecule has 2 aromatic rings. The maximum atomic E-state index is 12.1. The molecule has 152 valence electrons. The highest BCUT2D eigenvalue weighted by Crippen LogP contribution is 2.42. The summed E-state index contributed by atoms with van der Waals surface area (Å²) >= 11 is 0. The molecule has 0 unspecified atom stereocenters. The summed E-state index contributed by atoms with van der Waals surface area (Å²) in [5, 5.41) is 21.9. The molecule has 3 rings (SSSR count). The fourth-order valence-corrected chi connectivity index (χ4v) is 4.04. The zero-order valence-corrected chi connectivity index (χ0v) is 17.1. The van der Waals surface area contributed by atoms with Crippen molar-refractivity contribution in [2.75, 3.05) is 32.8 Å². The minimum absolute atomic E-state index is 0.0601. The molecule has 0 amide bonds.